The van der Waals surface area contributed by atoms with E-state index in [0.29, 0.717) is 0 Å². The Morgan fingerprint density at radius 2 is 2.23 bits per heavy atom. The van der Waals surface area contributed by atoms with Crippen molar-refractivity contribution in [2.45, 2.75) is 6.73 Å². The van der Waals surface area contributed by atoms with E-state index in [9.17, 15) is 14.3 Å². The highest BCUT2D eigenvalue weighted by Gasteiger charge is 2.18. The van der Waals surface area contributed by atoms with Crippen LogP contribution in [0.15, 0.2) is 24.5 Å². The van der Waals surface area contributed by atoms with Gasteiger partial charge < -0.3 is 15.1 Å². The molecule has 0 saturated heterocycles. The van der Waals surface area contributed by atoms with Crippen LogP contribution < -0.4 is 9.88 Å². The average molecular weight is 337 g/mol. The summed E-state index contributed by atoms with van der Waals surface area (Å²) in [5.74, 6) is -0.455. The van der Waals surface area contributed by atoms with Gasteiger partial charge >= 0.3 is 12.9 Å². The van der Waals surface area contributed by atoms with Crippen LogP contribution in [0.1, 0.15) is 10.4 Å². The zero-order valence-electron chi connectivity index (χ0n) is 11.6. The van der Waals surface area contributed by atoms with E-state index in [1.165, 1.54) is 29.1 Å². The quantitative estimate of drug-likeness (QED) is 0.227. The number of carbonyl (C=O) groups is 1. The fourth-order valence-electron chi connectivity index (χ4n) is 1.32. The minimum atomic E-state index is -4.59. The predicted molar refractivity (Wildman–Crippen MR) is 68.7 cm³/mol. The lowest BCUT2D eigenvalue weighted by atomic mass is 10.2. The Hall–Kier alpha value is -2.07. The highest BCUT2D eigenvalue weighted by Crippen LogP contribution is 2.35. The first kappa shape index (κ1) is 18.0. The van der Waals surface area contributed by atoms with Crippen LogP contribution in [-0.4, -0.2) is 41.0 Å². The second kappa shape index (κ2) is 8.39. The van der Waals surface area contributed by atoms with Gasteiger partial charge in [0.25, 0.3) is 12.6 Å². The molecule has 0 aliphatic heterocycles. The largest absolute Gasteiger partial charge is 0.477 e. The third kappa shape index (κ3) is 7.09. The molecule has 0 atom stereocenters. The summed E-state index contributed by atoms with van der Waals surface area (Å²) in [4.78, 5) is 48.3. The maximum Gasteiger partial charge on any atom is 0.477 e. The molecule has 11 nitrogen and oxygen atoms in total. The molecule has 0 fully saturated rings. The Kier molecular flexibility index (Phi) is 6.86. The molecular weight excluding hydrogens is 321 g/mol. The average Bonchev–Trinajstić information content (AvgIpc) is 2.48. The molecule has 1 heterocycles. The van der Waals surface area contributed by atoms with Crippen LogP contribution >= 0.6 is 7.82 Å². The van der Waals surface area contributed by atoms with Gasteiger partial charge in [0.05, 0.1) is 6.54 Å². The molecule has 0 spiro atoms. The Labute approximate surface area is 125 Å². The van der Waals surface area contributed by atoms with E-state index in [2.05, 4.69) is 19.5 Å². The van der Waals surface area contributed by atoms with E-state index in [-0.39, 0.29) is 23.8 Å². The van der Waals surface area contributed by atoms with Crippen molar-refractivity contribution in [1.29, 1.82) is 0 Å². The fourth-order valence-corrected chi connectivity index (χ4v) is 1.60. The van der Waals surface area contributed by atoms with Gasteiger partial charge in [-0.1, -0.05) is 0 Å². The number of phosphoric ester groups is 1. The van der Waals surface area contributed by atoms with Crippen molar-refractivity contribution in [3.05, 3.63) is 35.0 Å². The van der Waals surface area contributed by atoms with Gasteiger partial charge in [-0.3, -0.25) is 4.79 Å². The molecule has 1 aromatic rings. The minimum absolute atomic E-state index is 0.0643. The summed E-state index contributed by atoms with van der Waals surface area (Å²) in [6, 6.07) is 3.01. The monoisotopic (exact) mass is 337 g/mol. The normalized spacial score (nSPS) is 10.9. The molecule has 3 N–H and O–H groups in total. The second-order valence-corrected chi connectivity index (χ2v) is 5.09. The van der Waals surface area contributed by atoms with Crippen molar-refractivity contribution in [2.24, 2.45) is 0 Å². The van der Waals surface area contributed by atoms with Gasteiger partial charge in [0.15, 0.2) is 26.1 Å². The summed E-state index contributed by atoms with van der Waals surface area (Å²) in [5.41, 5.74) is 0.238. The standard InChI is InChI=1S/C10H14N3O8P/c1-19-13(15)20-6-4-11-10(14)9-3-2-5-12(7-9)8-21-22(16,17)18/h2-3,5,7H,4,6,8H2,1H3,(H-2,11,14,16,17,18)/p+2. The number of nitrogens with one attached hydrogen (secondary N) is 1. The summed E-state index contributed by atoms with van der Waals surface area (Å²) in [7, 11) is -3.46. The number of hydrogen-bond acceptors (Lipinski definition) is 6. The number of carbonyl (C=O) groups excluding carboxylic acids is 1. The van der Waals surface area contributed by atoms with Crippen LogP contribution in [0.2, 0.25) is 0 Å². The molecule has 0 saturated carbocycles. The Morgan fingerprint density at radius 3 is 2.86 bits per heavy atom. The second-order valence-electron chi connectivity index (χ2n) is 3.85. The molecule has 0 radical (unpaired) electrons. The highest BCUT2D eigenvalue weighted by atomic mass is 31.2. The predicted octanol–water partition coefficient (Wildman–Crippen LogP) is -0.957. The Balaban J connectivity index is 2.48. The summed E-state index contributed by atoms with van der Waals surface area (Å²) in [5, 5.41) is 2.39. The zero-order chi connectivity index (χ0) is 16.6. The topological polar surface area (TPSA) is 138 Å². The molecule has 0 aliphatic rings. The van der Waals surface area contributed by atoms with Crippen LogP contribution in [0.4, 0.5) is 0 Å². The number of aromatic nitrogens is 1. The molecule has 1 amide bonds. The third-order valence-corrected chi connectivity index (χ3v) is 2.68. The van der Waals surface area contributed by atoms with Crippen LogP contribution in [0.25, 0.3) is 0 Å². The van der Waals surface area contributed by atoms with Gasteiger partial charge in [-0.25, -0.2) is 9.09 Å². The molecule has 1 aromatic heterocycles. The minimum Gasteiger partial charge on any atom is -0.348 e. The lowest BCUT2D eigenvalue weighted by Crippen LogP contribution is -2.36. The van der Waals surface area contributed by atoms with Crippen LogP contribution in [0, 0.1) is 4.91 Å². The zero-order valence-corrected chi connectivity index (χ0v) is 12.5. The smallest absolute Gasteiger partial charge is 0.348 e. The van der Waals surface area contributed by atoms with E-state index in [4.69, 9.17) is 9.79 Å². The van der Waals surface area contributed by atoms with Gasteiger partial charge in [0, 0.05) is 6.07 Å². The van der Waals surface area contributed by atoms with Gasteiger partial charge in [0.1, 0.15) is 10.5 Å². The number of hydrogen-bond donors (Lipinski definition) is 3. The summed E-state index contributed by atoms with van der Waals surface area (Å²) in [6.45, 7) is -0.431. The highest BCUT2D eigenvalue weighted by molar-refractivity contribution is 7.46. The molecule has 0 bridgehead atoms. The number of nitrogens with zero attached hydrogens (tertiary/aromatic N) is 2. The summed E-state index contributed by atoms with van der Waals surface area (Å²) in [6.07, 6.45) is 2.82. The van der Waals surface area contributed by atoms with E-state index in [1.54, 1.807) is 0 Å². The van der Waals surface area contributed by atoms with Crippen molar-refractivity contribution < 1.29 is 43.0 Å². The maximum absolute atomic E-state index is 11.8. The number of phosphoric acid groups is 1. The molecule has 22 heavy (non-hydrogen) atoms. The first-order chi connectivity index (χ1) is 10.3. The molecule has 122 valence electrons. The molecular formula is C10H16N3O8P+2. The molecule has 1 rings (SSSR count). The number of pyridine rings is 1. The van der Waals surface area contributed by atoms with Gasteiger partial charge in [-0.05, 0) is 6.07 Å². The van der Waals surface area contributed by atoms with Crippen molar-refractivity contribution in [1.82, 2.24) is 5.32 Å². The first-order valence-corrected chi connectivity index (χ1v) is 7.46. The van der Waals surface area contributed by atoms with E-state index in [0.717, 1.165) is 7.11 Å². The van der Waals surface area contributed by atoms with Crippen molar-refractivity contribution in [2.75, 3.05) is 20.3 Å². The van der Waals surface area contributed by atoms with Crippen LogP contribution in [0.3, 0.4) is 0 Å². The Morgan fingerprint density at radius 1 is 1.50 bits per heavy atom. The van der Waals surface area contributed by atoms with E-state index >= 15 is 0 Å². The maximum atomic E-state index is 11.8. The van der Waals surface area contributed by atoms with Gasteiger partial charge in [0.2, 0.25) is 0 Å². The molecule has 0 unspecified atom stereocenters. The summed E-state index contributed by atoms with van der Waals surface area (Å²) >= 11 is 0. The van der Waals surface area contributed by atoms with Crippen LogP contribution in [-0.2, 0) is 25.5 Å². The third-order valence-electron chi connectivity index (χ3n) is 2.23. The van der Waals surface area contributed by atoms with E-state index < -0.39 is 20.5 Å². The van der Waals surface area contributed by atoms with Crippen molar-refractivity contribution in [3.63, 3.8) is 0 Å². The lowest BCUT2D eigenvalue weighted by molar-refractivity contribution is -0.976. The molecule has 0 aliphatic carbocycles. The van der Waals surface area contributed by atoms with E-state index in [1.807, 2.05) is 0 Å². The number of rotatable bonds is 9. The molecule has 0 aromatic carbocycles. The summed E-state index contributed by atoms with van der Waals surface area (Å²) < 4.78 is 16.2. The molecule has 12 heteroatoms. The van der Waals surface area contributed by atoms with Crippen molar-refractivity contribution in [3.8, 4) is 0 Å². The number of amides is 1. The lowest BCUT2D eigenvalue weighted by Gasteiger charge is -2.04. The first-order valence-electron chi connectivity index (χ1n) is 5.93. The fraction of sp³-hybridized carbons (Fsp3) is 0.400. The van der Waals surface area contributed by atoms with Crippen LogP contribution in [0.5, 0.6) is 0 Å². The SMILES string of the molecule is CO[N+](=O)OCCNC(=O)c1ccc[n+](COP(=O)(O)O)c1. The van der Waals surface area contributed by atoms with Gasteiger partial charge in [-0.15, -0.1) is 0 Å². The van der Waals surface area contributed by atoms with Crippen molar-refractivity contribution >= 4 is 13.7 Å². The van der Waals surface area contributed by atoms with Gasteiger partial charge in [-0.2, -0.15) is 14.2 Å². The Bertz CT molecular complexity index is 575.